The van der Waals surface area contributed by atoms with Crippen LogP contribution in [0.4, 0.5) is 17.3 Å². The number of benzene rings is 1. The monoisotopic (exact) mass is 452 g/mol. The average molecular weight is 453 g/mol. The van der Waals surface area contributed by atoms with Crippen LogP contribution in [0.1, 0.15) is 17.5 Å². The Labute approximate surface area is 190 Å². The first-order chi connectivity index (χ1) is 15.0. The number of hydrogen-bond acceptors (Lipinski definition) is 7. The third-order valence-corrected chi connectivity index (χ3v) is 5.80. The molecule has 7 nitrogen and oxygen atoms in total. The predicted octanol–water partition coefficient (Wildman–Crippen LogP) is 4.45. The number of halogens is 1. The summed E-state index contributed by atoms with van der Waals surface area (Å²) in [6, 6.07) is 7.73. The number of pyridine rings is 1. The van der Waals surface area contributed by atoms with Gasteiger partial charge in [-0.05, 0) is 44.2 Å². The highest BCUT2D eigenvalue weighted by Gasteiger charge is 2.20. The van der Waals surface area contributed by atoms with E-state index in [2.05, 4.69) is 31.6 Å². The molecule has 158 valence electrons. The van der Waals surface area contributed by atoms with E-state index in [9.17, 15) is 0 Å². The van der Waals surface area contributed by atoms with Crippen LogP contribution < -0.4 is 15.4 Å². The molecule has 4 heterocycles. The maximum absolute atomic E-state index is 6.18. The van der Waals surface area contributed by atoms with E-state index < -0.39 is 0 Å². The molecule has 9 heteroatoms. The van der Waals surface area contributed by atoms with Gasteiger partial charge in [0.2, 0.25) is 11.8 Å². The molecule has 1 aromatic carbocycles. The second kappa shape index (κ2) is 8.37. The molecule has 0 amide bonds. The zero-order valence-corrected chi connectivity index (χ0v) is 18.6. The van der Waals surface area contributed by atoms with Gasteiger partial charge in [0.15, 0.2) is 0 Å². The van der Waals surface area contributed by atoms with E-state index in [1.807, 2.05) is 31.4 Å². The summed E-state index contributed by atoms with van der Waals surface area (Å²) in [7, 11) is 2.05. The van der Waals surface area contributed by atoms with Crippen molar-refractivity contribution in [3.63, 3.8) is 0 Å². The van der Waals surface area contributed by atoms with Crippen molar-refractivity contribution in [3.05, 3.63) is 52.8 Å². The van der Waals surface area contributed by atoms with Crippen molar-refractivity contribution in [1.82, 2.24) is 19.9 Å². The molecule has 0 saturated carbocycles. The van der Waals surface area contributed by atoms with Crippen LogP contribution in [0.2, 0.25) is 5.02 Å². The van der Waals surface area contributed by atoms with Gasteiger partial charge < -0.3 is 15.4 Å². The molecular formula is C22H21ClN6OS. The van der Waals surface area contributed by atoms with Crippen molar-refractivity contribution in [2.75, 3.05) is 31.0 Å². The van der Waals surface area contributed by atoms with Gasteiger partial charge in [-0.1, -0.05) is 23.8 Å². The van der Waals surface area contributed by atoms with Gasteiger partial charge in [0.25, 0.3) is 0 Å². The lowest BCUT2D eigenvalue weighted by Gasteiger charge is -2.22. The first-order valence-corrected chi connectivity index (χ1v) is 10.9. The third kappa shape index (κ3) is 4.32. The average Bonchev–Trinajstić information content (AvgIpc) is 2.86. The Morgan fingerprint density at radius 3 is 3.00 bits per heavy atom. The second-order valence-electron chi connectivity index (χ2n) is 7.75. The number of thiocarbonyl (C=S) groups is 1. The summed E-state index contributed by atoms with van der Waals surface area (Å²) in [6.07, 6.45) is 6.11. The van der Waals surface area contributed by atoms with E-state index in [1.165, 1.54) is 0 Å². The molecule has 0 spiro atoms. The summed E-state index contributed by atoms with van der Waals surface area (Å²) in [5, 5.41) is 7.20. The molecule has 2 aliphatic rings. The summed E-state index contributed by atoms with van der Waals surface area (Å²) >= 11 is 11.6. The minimum absolute atomic E-state index is 0.501. The number of anilines is 3. The smallest absolute Gasteiger partial charge is 0.227 e. The van der Waals surface area contributed by atoms with Gasteiger partial charge in [-0.2, -0.15) is 0 Å². The molecule has 0 atom stereocenters. The quantitative estimate of drug-likeness (QED) is 0.552. The van der Waals surface area contributed by atoms with E-state index >= 15 is 0 Å². The molecule has 0 bridgehead atoms. The van der Waals surface area contributed by atoms with Crippen LogP contribution in [0.3, 0.4) is 0 Å². The van der Waals surface area contributed by atoms with E-state index in [0.29, 0.717) is 35.0 Å². The molecular weight excluding hydrogens is 432 g/mol. The van der Waals surface area contributed by atoms with Crippen LogP contribution in [0.25, 0.3) is 11.3 Å². The normalized spacial score (nSPS) is 15.9. The van der Waals surface area contributed by atoms with Crippen LogP contribution in [0.5, 0.6) is 5.88 Å². The van der Waals surface area contributed by atoms with Crippen LogP contribution in [0, 0.1) is 0 Å². The van der Waals surface area contributed by atoms with Crippen molar-refractivity contribution in [2.45, 2.75) is 19.3 Å². The second-order valence-corrected chi connectivity index (χ2v) is 8.68. The molecule has 0 aliphatic carbocycles. The first-order valence-electron chi connectivity index (χ1n) is 10.1. The van der Waals surface area contributed by atoms with Crippen LogP contribution in [-0.4, -0.2) is 45.2 Å². The molecule has 5 rings (SSSR count). The maximum Gasteiger partial charge on any atom is 0.227 e. The number of nitrogens with one attached hydrogen (secondary N) is 2. The molecule has 3 aromatic rings. The van der Waals surface area contributed by atoms with Gasteiger partial charge in [0.1, 0.15) is 6.73 Å². The fraction of sp³-hybridized carbons (Fsp3) is 0.273. The highest BCUT2D eigenvalue weighted by molar-refractivity contribution is 7.80. The number of hydrogen-bond donors (Lipinski definition) is 2. The van der Waals surface area contributed by atoms with Crippen LogP contribution in [0.15, 0.2) is 36.7 Å². The van der Waals surface area contributed by atoms with Crippen LogP contribution >= 0.6 is 23.8 Å². The predicted molar refractivity (Wildman–Crippen MR) is 126 cm³/mol. The molecule has 2 aromatic heterocycles. The summed E-state index contributed by atoms with van der Waals surface area (Å²) in [5.41, 5.74) is 5.52. The lowest BCUT2D eigenvalue weighted by Crippen LogP contribution is -2.27. The van der Waals surface area contributed by atoms with Crippen molar-refractivity contribution >= 4 is 46.1 Å². The molecule has 0 unspecified atom stereocenters. The van der Waals surface area contributed by atoms with Gasteiger partial charge in [-0.25, -0.2) is 15.0 Å². The maximum atomic E-state index is 6.18. The number of aromatic nitrogens is 3. The Balaban J connectivity index is 1.46. The highest BCUT2D eigenvalue weighted by atomic mass is 35.5. The number of aryl methyl sites for hydroxylation is 1. The van der Waals surface area contributed by atoms with Crippen LogP contribution in [-0.2, 0) is 12.8 Å². The molecule has 2 N–H and O–H groups in total. The SMILES string of the molecule is CN1CCCc2cc(Nc3ncc4c(n3)-c3ccc(Cl)cc3NC(=S)C4)cnc2OC1. The fourth-order valence-electron chi connectivity index (χ4n) is 3.80. The molecule has 31 heavy (non-hydrogen) atoms. The van der Waals surface area contributed by atoms with Gasteiger partial charge in [0.05, 0.1) is 22.6 Å². The minimum atomic E-state index is 0.501. The lowest BCUT2D eigenvalue weighted by molar-refractivity contribution is 0.139. The van der Waals surface area contributed by atoms with Gasteiger partial charge in [-0.15, -0.1) is 0 Å². The van der Waals surface area contributed by atoms with E-state index in [1.54, 1.807) is 6.20 Å². The van der Waals surface area contributed by atoms with Crippen molar-refractivity contribution in [1.29, 1.82) is 0 Å². The van der Waals surface area contributed by atoms with Crippen molar-refractivity contribution in [2.24, 2.45) is 0 Å². The zero-order valence-electron chi connectivity index (χ0n) is 17.0. The Morgan fingerprint density at radius 1 is 1.19 bits per heavy atom. The Kier molecular flexibility index (Phi) is 5.43. The largest absolute Gasteiger partial charge is 0.461 e. The van der Waals surface area contributed by atoms with Gasteiger partial charge >= 0.3 is 0 Å². The zero-order chi connectivity index (χ0) is 21.4. The third-order valence-electron chi connectivity index (χ3n) is 5.32. The molecule has 0 radical (unpaired) electrons. The number of fused-ring (bicyclic) bond motifs is 4. The summed E-state index contributed by atoms with van der Waals surface area (Å²) in [6.45, 7) is 1.53. The topological polar surface area (TPSA) is 75.2 Å². The van der Waals surface area contributed by atoms with Gasteiger partial charge in [0, 0.05) is 46.6 Å². The number of ether oxygens (including phenoxy) is 1. The minimum Gasteiger partial charge on any atom is -0.461 e. The Bertz CT molecular complexity index is 1170. The van der Waals surface area contributed by atoms with E-state index in [0.717, 1.165) is 53.1 Å². The summed E-state index contributed by atoms with van der Waals surface area (Å²) in [4.78, 5) is 16.7. The molecule has 2 aliphatic heterocycles. The standard InChI is InChI=1S/C22H21ClN6OS/c1-29-6-2-3-13-7-16(11-24-21(13)30-12-29)26-22-25-10-14-8-19(31)27-18-9-15(23)4-5-17(18)20(14)28-22/h4-5,7,9-11H,2-3,6,8,12H2,1H3,(H,27,31)(H,25,26,28). The van der Waals surface area contributed by atoms with E-state index in [4.69, 9.17) is 33.5 Å². The molecule has 0 saturated heterocycles. The summed E-state index contributed by atoms with van der Waals surface area (Å²) < 4.78 is 5.82. The Morgan fingerprint density at radius 2 is 2.10 bits per heavy atom. The number of nitrogens with zero attached hydrogens (tertiary/aromatic N) is 4. The van der Waals surface area contributed by atoms with E-state index in [-0.39, 0.29) is 0 Å². The van der Waals surface area contributed by atoms with Crippen molar-refractivity contribution < 1.29 is 4.74 Å². The van der Waals surface area contributed by atoms with Gasteiger partial charge in [-0.3, -0.25) is 4.90 Å². The molecule has 0 fully saturated rings. The van der Waals surface area contributed by atoms with Crippen molar-refractivity contribution in [3.8, 4) is 17.1 Å². The summed E-state index contributed by atoms with van der Waals surface area (Å²) in [5.74, 6) is 1.19. The lowest BCUT2D eigenvalue weighted by atomic mass is 10.1. The highest BCUT2D eigenvalue weighted by Crippen LogP contribution is 2.35. The Hall–Kier alpha value is -2.81. The first kappa shape index (κ1) is 20.1. The fourth-order valence-corrected chi connectivity index (χ4v) is 4.24. The number of rotatable bonds is 2.